The van der Waals surface area contributed by atoms with E-state index >= 15 is 0 Å². The molecule has 0 bridgehead atoms. The van der Waals surface area contributed by atoms with Crippen LogP contribution in [0.25, 0.3) is 5.76 Å². The van der Waals surface area contributed by atoms with Crippen LogP contribution >= 0.6 is 0 Å². The smallest absolute Gasteiger partial charge is 0.309 e. The lowest BCUT2D eigenvalue weighted by atomic mass is 9.93. The number of Topliss-reactive ketones (excluding diaryl/α,β-unsaturated/α-hetero) is 1. The molecule has 0 aromatic heterocycles. The highest BCUT2D eigenvalue weighted by molar-refractivity contribution is 6.51. The molecule has 1 saturated heterocycles. The average molecular weight is 502 g/mol. The van der Waals surface area contributed by atoms with Crippen LogP contribution in [-0.4, -0.2) is 42.1 Å². The molecular formula is C29H27NO7. The van der Waals surface area contributed by atoms with Gasteiger partial charge >= 0.3 is 5.97 Å². The van der Waals surface area contributed by atoms with Crippen molar-refractivity contribution in [3.8, 4) is 11.5 Å². The molecule has 1 fully saturated rings. The molecule has 0 spiro atoms. The zero-order valence-electron chi connectivity index (χ0n) is 20.9. The van der Waals surface area contributed by atoms with Crippen LogP contribution in [0.15, 0.2) is 66.2 Å². The number of hydrogen-bond acceptors (Lipinski definition) is 7. The highest BCUT2D eigenvalue weighted by Gasteiger charge is 2.47. The number of carbonyl (C=O) groups is 3. The number of nitrogens with zero attached hydrogens (tertiary/aromatic N) is 1. The monoisotopic (exact) mass is 501 g/mol. The van der Waals surface area contributed by atoms with Gasteiger partial charge in [-0.25, -0.2) is 0 Å². The van der Waals surface area contributed by atoms with E-state index in [1.165, 1.54) is 24.1 Å². The first-order valence-corrected chi connectivity index (χ1v) is 11.6. The van der Waals surface area contributed by atoms with Gasteiger partial charge in [0.25, 0.3) is 11.7 Å². The van der Waals surface area contributed by atoms with Crippen molar-refractivity contribution in [2.75, 3.05) is 19.1 Å². The number of aliphatic hydroxyl groups excluding tert-OH is 1. The Labute approximate surface area is 214 Å². The highest BCUT2D eigenvalue weighted by atomic mass is 16.5. The summed E-state index contributed by atoms with van der Waals surface area (Å²) in [4.78, 5) is 39.7. The van der Waals surface area contributed by atoms with Crippen LogP contribution in [0.1, 0.15) is 33.9 Å². The predicted octanol–water partition coefficient (Wildman–Crippen LogP) is 4.36. The fourth-order valence-electron chi connectivity index (χ4n) is 4.49. The van der Waals surface area contributed by atoms with E-state index in [9.17, 15) is 24.6 Å². The molecule has 2 N–H and O–H groups in total. The van der Waals surface area contributed by atoms with Crippen molar-refractivity contribution in [2.24, 2.45) is 0 Å². The topological polar surface area (TPSA) is 113 Å². The lowest BCUT2D eigenvalue weighted by Gasteiger charge is -2.26. The van der Waals surface area contributed by atoms with E-state index in [0.29, 0.717) is 33.7 Å². The van der Waals surface area contributed by atoms with Crippen LogP contribution in [0.3, 0.4) is 0 Å². The van der Waals surface area contributed by atoms with Gasteiger partial charge in [-0.15, -0.1) is 0 Å². The van der Waals surface area contributed by atoms with Crippen molar-refractivity contribution < 1.29 is 34.1 Å². The van der Waals surface area contributed by atoms with Gasteiger partial charge in [-0.05, 0) is 72.5 Å². The molecular weight excluding hydrogens is 474 g/mol. The third-order valence-corrected chi connectivity index (χ3v) is 6.44. The number of phenols is 1. The van der Waals surface area contributed by atoms with Crippen molar-refractivity contribution in [3.63, 3.8) is 0 Å². The molecule has 1 heterocycles. The molecule has 8 nitrogen and oxygen atoms in total. The molecule has 0 saturated carbocycles. The van der Waals surface area contributed by atoms with E-state index in [0.717, 1.165) is 5.56 Å². The first-order chi connectivity index (χ1) is 17.7. The molecule has 3 aromatic carbocycles. The van der Waals surface area contributed by atoms with Crippen LogP contribution in [0.2, 0.25) is 0 Å². The minimum atomic E-state index is -0.950. The zero-order valence-corrected chi connectivity index (χ0v) is 20.9. The molecule has 190 valence electrons. The van der Waals surface area contributed by atoms with Crippen LogP contribution in [-0.2, 0) is 25.5 Å². The number of carbonyl (C=O) groups excluding carboxylic acids is 3. The molecule has 1 aliphatic heterocycles. The van der Waals surface area contributed by atoms with Crippen molar-refractivity contribution in [3.05, 3.63) is 94.1 Å². The maximum atomic E-state index is 13.4. The minimum Gasteiger partial charge on any atom is -0.508 e. The van der Waals surface area contributed by atoms with E-state index in [4.69, 9.17) is 9.47 Å². The molecule has 4 rings (SSSR count). The van der Waals surface area contributed by atoms with Gasteiger partial charge in [-0.3, -0.25) is 19.3 Å². The van der Waals surface area contributed by atoms with E-state index in [2.05, 4.69) is 0 Å². The Bertz CT molecular complexity index is 1410. The Morgan fingerprint density at radius 3 is 2.19 bits per heavy atom. The summed E-state index contributed by atoms with van der Waals surface area (Å²) in [6, 6.07) is 15.3. The summed E-state index contributed by atoms with van der Waals surface area (Å²) in [5, 5.41) is 21.3. The normalized spacial score (nSPS) is 16.6. The molecule has 8 heteroatoms. The number of aryl methyl sites for hydroxylation is 2. The quantitative estimate of drug-likeness (QED) is 0.223. The third-order valence-electron chi connectivity index (χ3n) is 6.44. The first kappa shape index (κ1) is 25.5. The number of anilines is 1. The number of ketones is 1. The summed E-state index contributed by atoms with van der Waals surface area (Å²) < 4.78 is 10.1. The second-order valence-electron chi connectivity index (χ2n) is 8.82. The highest BCUT2D eigenvalue weighted by Crippen LogP contribution is 2.43. The summed E-state index contributed by atoms with van der Waals surface area (Å²) in [5.74, 6) is -1.68. The number of phenolic OH excluding ortho intramolecular Hbond substituents is 1. The van der Waals surface area contributed by atoms with E-state index in [1.807, 2.05) is 6.92 Å². The Hall–Kier alpha value is -4.59. The number of ether oxygens (including phenoxy) is 2. The fourth-order valence-corrected chi connectivity index (χ4v) is 4.49. The molecule has 1 aliphatic rings. The van der Waals surface area contributed by atoms with Gasteiger partial charge in [-0.2, -0.15) is 0 Å². The number of rotatable bonds is 6. The van der Waals surface area contributed by atoms with Crippen molar-refractivity contribution in [1.29, 1.82) is 0 Å². The second kappa shape index (κ2) is 10.2. The number of hydrogen-bond donors (Lipinski definition) is 2. The predicted molar refractivity (Wildman–Crippen MR) is 138 cm³/mol. The van der Waals surface area contributed by atoms with Crippen molar-refractivity contribution >= 4 is 29.1 Å². The van der Waals surface area contributed by atoms with Crippen molar-refractivity contribution in [2.45, 2.75) is 26.3 Å². The number of methoxy groups -OCH3 is 2. The maximum Gasteiger partial charge on any atom is 0.309 e. The SMILES string of the molecule is COC(=O)Cc1ccc(N2C(=O)C(=O)/C(=C(/O)c3cc(C)c(OC)cc3C)C2c2ccc(O)cc2)cc1. The van der Waals surface area contributed by atoms with Gasteiger partial charge in [0, 0.05) is 11.3 Å². The summed E-state index contributed by atoms with van der Waals surface area (Å²) in [7, 11) is 2.86. The second-order valence-corrected chi connectivity index (χ2v) is 8.82. The molecule has 0 aliphatic carbocycles. The van der Waals surface area contributed by atoms with Crippen LogP contribution in [0.5, 0.6) is 11.5 Å². The summed E-state index contributed by atoms with van der Waals surface area (Å²) >= 11 is 0. The summed E-state index contributed by atoms with van der Waals surface area (Å²) in [6.45, 7) is 3.60. The largest absolute Gasteiger partial charge is 0.508 e. The van der Waals surface area contributed by atoms with Gasteiger partial charge in [0.1, 0.15) is 17.3 Å². The minimum absolute atomic E-state index is 0.0227. The molecule has 37 heavy (non-hydrogen) atoms. The lowest BCUT2D eigenvalue weighted by Crippen LogP contribution is -2.29. The summed E-state index contributed by atoms with van der Waals surface area (Å²) in [6.07, 6.45) is 0.0626. The number of aliphatic hydroxyl groups is 1. The lowest BCUT2D eigenvalue weighted by molar-refractivity contribution is -0.139. The Morgan fingerprint density at radius 2 is 1.59 bits per heavy atom. The summed E-state index contributed by atoms with van der Waals surface area (Å²) in [5.41, 5.74) is 3.39. The maximum absolute atomic E-state index is 13.4. The Kier molecular flexibility index (Phi) is 7.02. The van der Waals surface area contributed by atoms with Crippen LogP contribution in [0.4, 0.5) is 5.69 Å². The van der Waals surface area contributed by atoms with Gasteiger partial charge in [-0.1, -0.05) is 24.3 Å². The van der Waals surface area contributed by atoms with E-state index < -0.39 is 23.7 Å². The number of aromatic hydroxyl groups is 1. The van der Waals surface area contributed by atoms with E-state index in [1.54, 1.807) is 62.6 Å². The molecule has 3 aromatic rings. The van der Waals surface area contributed by atoms with Gasteiger partial charge in [0.05, 0.1) is 32.3 Å². The van der Waals surface area contributed by atoms with Crippen LogP contribution in [0, 0.1) is 13.8 Å². The molecule has 1 unspecified atom stereocenters. The number of benzene rings is 3. The first-order valence-electron chi connectivity index (χ1n) is 11.6. The van der Waals surface area contributed by atoms with Crippen molar-refractivity contribution in [1.82, 2.24) is 0 Å². The molecule has 1 atom stereocenters. The average Bonchev–Trinajstić information content (AvgIpc) is 3.15. The van der Waals surface area contributed by atoms with Gasteiger partial charge in [0.2, 0.25) is 0 Å². The standard InChI is InChI=1S/C29H27NO7/c1-16-14-23(36-3)17(2)13-22(16)27(33)25-26(19-7-11-21(31)12-8-19)30(29(35)28(25)34)20-9-5-18(6-10-20)15-24(32)37-4/h5-14,26,31,33H,15H2,1-4H3/b27-25+. The molecule has 1 amide bonds. The van der Waals surface area contributed by atoms with Gasteiger partial charge in [0.15, 0.2) is 0 Å². The molecule has 0 radical (unpaired) electrons. The number of esters is 1. The number of amides is 1. The zero-order chi connectivity index (χ0) is 26.9. The van der Waals surface area contributed by atoms with E-state index in [-0.39, 0.29) is 23.5 Å². The third kappa shape index (κ3) is 4.78. The van der Waals surface area contributed by atoms with Gasteiger partial charge < -0.3 is 19.7 Å². The fraction of sp³-hybridized carbons (Fsp3) is 0.207. The Morgan fingerprint density at radius 1 is 0.946 bits per heavy atom. The Balaban J connectivity index is 1.88. The van der Waals surface area contributed by atoms with Crippen LogP contribution < -0.4 is 9.64 Å².